The molecule has 0 bridgehead atoms. The molecular weight excluding hydrogens is 179 g/mol. The van der Waals surface area contributed by atoms with Gasteiger partial charge in [-0.05, 0) is 11.6 Å². The van der Waals surface area contributed by atoms with Crippen LogP contribution in [0.1, 0.15) is 5.56 Å². The number of allylic oxidation sites excluding steroid dienone is 1. The number of nitrogen functional groups attached to an aromatic ring is 1. The largest absolute Gasteiger partial charge is 0.395 e. The average Bonchev–Trinajstić information content (AvgIpc) is 2.07. The maximum Gasteiger partial charge on any atom is 0.236 e. The molecular formula is C8H8ClFN2. The number of pyridine rings is 1. The maximum atomic E-state index is 12.5. The molecule has 2 nitrogen and oxygen atoms in total. The van der Waals surface area contributed by atoms with E-state index < -0.39 is 5.95 Å². The number of aromatic nitrogens is 1. The summed E-state index contributed by atoms with van der Waals surface area (Å²) in [5.74, 6) is -0.227. The minimum absolute atomic E-state index is 0.0479. The van der Waals surface area contributed by atoms with Gasteiger partial charge in [0.25, 0.3) is 0 Å². The summed E-state index contributed by atoms with van der Waals surface area (Å²) in [4.78, 5) is 3.45. The first-order valence-corrected chi connectivity index (χ1v) is 3.91. The summed E-state index contributed by atoms with van der Waals surface area (Å²) >= 11 is 5.41. The lowest BCUT2D eigenvalue weighted by Gasteiger charge is -1.96. The molecule has 0 aliphatic rings. The number of nitrogens with two attached hydrogens (primary N) is 1. The Morgan fingerprint density at radius 1 is 1.67 bits per heavy atom. The van der Waals surface area contributed by atoms with Crippen LogP contribution in [0.25, 0.3) is 6.08 Å². The third-order valence-corrected chi connectivity index (χ3v) is 1.46. The molecule has 0 aliphatic heterocycles. The number of hydrogen-bond acceptors (Lipinski definition) is 2. The van der Waals surface area contributed by atoms with Crippen LogP contribution >= 0.6 is 11.6 Å². The molecule has 0 fully saturated rings. The van der Waals surface area contributed by atoms with Gasteiger partial charge in [0.2, 0.25) is 5.95 Å². The third kappa shape index (κ3) is 2.20. The minimum atomic E-state index is -0.641. The molecule has 0 radical (unpaired) electrons. The van der Waals surface area contributed by atoms with Crippen LogP contribution in [-0.2, 0) is 0 Å². The van der Waals surface area contributed by atoms with E-state index in [1.807, 2.05) is 0 Å². The van der Waals surface area contributed by atoms with E-state index in [4.69, 9.17) is 17.3 Å². The van der Waals surface area contributed by atoms with Crippen molar-refractivity contribution >= 4 is 23.4 Å². The van der Waals surface area contributed by atoms with E-state index >= 15 is 0 Å². The van der Waals surface area contributed by atoms with Crippen LogP contribution in [0.4, 0.5) is 10.1 Å². The summed E-state index contributed by atoms with van der Waals surface area (Å²) in [5.41, 5.74) is 6.08. The van der Waals surface area contributed by atoms with Crippen molar-refractivity contribution in [2.24, 2.45) is 0 Å². The number of anilines is 1. The van der Waals surface area contributed by atoms with E-state index in [-0.39, 0.29) is 5.69 Å². The van der Waals surface area contributed by atoms with Gasteiger partial charge < -0.3 is 5.73 Å². The van der Waals surface area contributed by atoms with Crippen LogP contribution in [0.3, 0.4) is 0 Å². The van der Waals surface area contributed by atoms with Gasteiger partial charge in [-0.3, -0.25) is 0 Å². The Morgan fingerprint density at radius 2 is 2.42 bits per heavy atom. The lowest BCUT2D eigenvalue weighted by molar-refractivity contribution is 0.588. The monoisotopic (exact) mass is 186 g/mol. The molecule has 1 aromatic heterocycles. The van der Waals surface area contributed by atoms with E-state index in [2.05, 4.69) is 4.98 Å². The van der Waals surface area contributed by atoms with Crippen molar-refractivity contribution in [1.82, 2.24) is 4.98 Å². The molecule has 0 amide bonds. The Labute approximate surface area is 74.9 Å². The fourth-order valence-electron chi connectivity index (χ4n) is 0.754. The summed E-state index contributed by atoms with van der Waals surface area (Å²) in [6.07, 6.45) is 4.86. The van der Waals surface area contributed by atoms with Gasteiger partial charge in [0.05, 0.1) is 5.69 Å². The molecule has 12 heavy (non-hydrogen) atoms. The fourth-order valence-corrected chi connectivity index (χ4v) is 0.843. The molecule has 0 saturated heterocycles. The van der Waals surface area contributed by atoms with E-state index in [9.17, 15) is 4.39 Å². The van der Waals surface area contributed by atoms with E-state index in [1.54, 1.807) is 12.2 Å². The van der Waals surface area contributed by atoms with Gasteiger partial charge in [0, 0.05) is 12.1 Å². The van der Waals surface area contributed by atoms with Crippen LogP contribution in [0.2, 0.25) is 0 Å². The molecule has 4 heteroatoms. The van der Waals surface area contributed by atoms with E-state index in [0.29, 0.717) is 5.88 Å². The summed E-state index contributed by atoms with van der Waals surface area (Å²) in [7, 11) is 0. The van der Waals surface area contributed by atoms with Crippen LogP contribution < -0.4 is 5.73 Å². The zero-order valence-corrected chi connectivity index (χ0v) is 7.05. The molecule has 0 aromatic carbocycles. The number of halogens is 2. The molecule has 0 saturated carbocycles. The maximum absolute atomic E-state index is 12.5. The van der Waals surface area contributed by atoms with Crippen molar-refractivity contribution in [3.05, 3.63) is 29.9 Å². The van der Waals surface area contributed by atoms with E-state index in [0.717, 1.165) is 5.56 Å². The molecule has 0 atom stereocenters. The van der Waals surface area contributed by atoms with Crippen molar-refractivity contribution in [3.63, 3.8) is 0 Å². The number of nitrogens with zero attached hydrogens (tertiary/aromatic N) is 1. The summed E-state index contributed by atoms with van der Waals surface area (Å²) in [5, 5.41) is 0. The first-order valence-electron chi connectivity index (χ1n) is 3.37. The highest BCUT2D eigenvalue weighted by Gasteiger charge is 1.97. The van der Waals surface area contributed by atoms with Gasteiger partial charge in [-0.1, -0.05) is 12.2 Å². The predicted molar refractivity (Wildman–Crippen MR) is 48.4 cm³/mol. The molecule has 0 unspecified atom stereocenters. The topological polar surface area (TPSA) is 38.9 Å². The Kier molecular flexibility index (Phi) is 3.05. The van der Waals surface area contributed by atoms with Gasteiger partial charge in [-0.25, -0.2) is 4.98 Å². The van der Waals surface area contributed by atoms with Crippen molar-refractivity contribution in [2.75, 3.05) is 11.6 Å². The normalized spacial score (nSPS) is 10.8. The highest BCUT2D eigenvalue weighted by Crippen LogP contribution is 2.10. The molecule has 0 spiro atoms. The smallest absolute Gasteiger partial charge is 0.236 e. The Hall–Kier alpha value is -1.09. The highest BCUT2D eigenvalue weighted by molar-refractivity contribution is 6.19. The number of hydrogen-bond donors (Lipinski definition) is 1. The Bertz CT molecular complexity index is 299. The van der Waals surface area contributed by atoms with Crippen molar-refractivity contribution < 1.29 is 4.39 Å². The molecule has 1 heterocycles. The van der Waals surface area contributed by atoms with Gasteiger partial charge in [-0.15, -0.1) is 11.6 Å². The summed E-state index contributed by atoms with van der Waals surface area (Å²) < 4.78 is 12.5. The Morgan fingerprint density at radius 3 is 3.00 bits per heavy atom. The predicted octanol–water partition coefficient (Wildman–Crippen LogP) is 2.05. The SMILES string of the molecule is Nc1cc(C=CCCl)cnc1F. The third-order valence-electron chi connectivity index (χ3n) is 1.29. The van der Waals surface area contributed by atoms with Gasteiger partial charge >= 0.3 is 0 Å². The average molecular weight is 187 g/mol. The van der Waals surface area contributed by atoms with Crippen molar-refractivity contribution in [2.45, 2.75) is 0 Å². The van der Waals surface area contributed by atoms with Crippen LogP contribution in [0.5, 0.6) is 0 Å². The quantitative estimate of drug-likeness (QED) is 0.567. The second kappa shape index (κ2) is 4.07. The lowest BCUT2D eigenvalue weighted by Crippen LogP contribution is -1.93. The van der Waals surface area contributed by atoms with E-state index in [1.165, 1.54) is 12.3 Å². The highest BCUT2D eigenvalue weighted by atomic mass is 35.5. The second-order valence-corrected chi connectivity index (χ2v) is 2.51. The van der Waals surface area contributed by atoms with Gasteiger partial charge in [0.15, 0.2) is 0 Å². The summed E-state index contributed by atoms with van der Waals surface area (Å²) in [6, 6.07) is 1.51. The molecule has 1 rings (SSSR count). The zero-order valence-electron chi connectivity index (χ0n) is 6.30. The van der Waals surface area contributed by atoms with Crippen molar-refractivity contribution in [1.29, 1.82) is 0 Å². The van der Waals surface area contributed by atoms with Gasteiger partial charge in [0.1, 0.15) is 0 Å². The molecule has 1 aromatic rings. The standard InChI is InChI=1S/C8H8ClFN2/c9-3-1-2-6-4-7(11)8(10)12-5-6/h1-2,4-5H,3,11H2. The number of alkyl halides is 1. The molecule has 2 N–H and O–H groups in total. The first-order chi connectivity index (χ1) is 5.74. The van der Waals surface area contributed by atoms with Crippen LogP contribution in [0, 0.1) is 5.95 Å². The minimum Gasteiger partial charge on any atom is -0.395 e. The van der Waals surface area contributed by atoms with Crippen LogP contribution in [-0.4, -0.2) is 10.9 Å². The molecule has 64 valence electrons. The summed E-state index contributed by atoms with van der Waals surface area (Å²) in [6.45, 7) is 0. The lowest BCUT2D eigenvalue weighted by atomic mass is 10.2. The van der Waals surface area contributed by atoms with Crippen molar-refractivity contribution in [3.8, 4) is 0 Å². The number of rotatable bonds is 2. The zero-order chi connectivity index (χ0) is 8.97. The Balaban J connectivity index is 2.89. The first kappa shape index (κ1) is 9.00. The van der Waals surface area contributed by atoms with Gasteiger partial charge in [-0.2, -0.15) is 4.39 Å². The fraction of sp³-hybridized carbons (Fsp3) is 0.125. The molecule has 0 aliphatic carbocycles. The van der Waals surface area contributed by atoms with Crippen LogP contribution in [0.15, 0.2) is 18.3 Å². The second-order valence-electron chi connectivity index (χ2n) is 2.21.